The number of ether oxygens (including phenoxy) is 3. The zero-order chi connectivity index (χ0) is 13.8. The van der Waals surface area contributed by atoms with E-state index < -0.39 is 17.9 Å². The average molecular weight is 258 g/mol. The van der Waals surface area contributed by atoms with Gasteiger partial charge >= 0.3 is 17.9 Å². The Balaban J connectivity index is 3.51. The summed E-state index contributed by atoms with van der Waals surface area (Å²) in [4.78, 5) is 32.8. The summed E-state index contributed by atoms with van der Waals surface area (Å²) in [6.07, 6.45) is 1.71. The molecule has 0 aliphatic rings. The molecule has 0 saturated carbocycles. The van der Waals surface area contributed by atoms with Gasteiger partial charge in [-0.1, -0.05) is 13.5 Å². The van der Waals surface area contributed by atoms with Crippen LogP contribution in [0, 0.1) is 0 Å². The fourth-order valence-corrected chi connectivity index (χ4v) is 0.921. The molecule has 0 aliphatic heterocycles. The fraction of sp³-hybridized carbons (Fsp3) is 0.583. The van der Waals surface area contributed by atoms with Gasteiger partial charge in [0.2, 0.25) is 0 Å². The molecule has 0 heterocycles. The van der Waals surface area contributed by atoms with Crippen molar-refractivity contribution >= 4 is 17.9 Å². The predicted molar refractivity (Wildman–Crippen MR) is 62.6 cm³/mol. The molecule has 0 rings (SSSR count). The molecular weight excluding hydrogens is 240 g/mol. The summed E-state index contributed by atoms with van der Waals surface area (Å²) in [5, 5.41) is 0. The fourth-order valence-electron chi connectivity index (χ4n) is 0.921. The first-order valence-corrected chi connectivity index (χ1v) is 5.70. The predicted octanol–water partition coefficient (Wildman–Crippen LogP) is 0.992. The van der Waals surface area contributed by atoms with Crippen molar-refractivity contribution in [1.29, 1.82) is 0 Å². The Hall–Kier alpha value is -1.85. The molecule has 102 valence electrons. The Morgan fingerprint density at radius 3 is 1.94 bits per heavy atom. The van der Waals surface area contributed by atoms with E-state index in [0.717, 1.165) is 12.5 Å². The van der Waals surface area contributed by atoms with Gasteiger partial charge in [0.05, 0.1) is 19.4 Å². The number of esters is 3. The molecule has 0 N–H and O–H groups in total. The van der Waals surface area contributed by atoms with E-state index in [9.17, 15) is 14.4 Å². The quantitative estimate of drug-likeness (QED) is 0.265. The van der Waals surface area contributed by atoms with Crippen LogP contribution in [0.1, 0.15) is 26.2 Å². The normalized spacial score (nSPS) is 9.39. The highest BCUT2D eigenvalue weighted by molar-refractivity contribution is 5.81. The SMILES string of the molecule is C=CC(=O)OCCOC(=O)CCC(=O)OCCC. The molecule has 0 atom stereocenters. The molecule has 0 aliphatic carbocycles. The number of hydrogen-bond donors (Lipinski definition) is 0. The molecule has 0 aromatic carbocycles. The summed E-state index contributed by atoms with van der Waals surface area (Å²) in [5.74, 6) is -1.53. The number of hydrogen-bond acceptors (Lipinski definition) is 6. The Kier molecular flexibility index (Phi) is 9.25. The van der Waals surface area contributed by atoms with Gasteiger partial charge in [0.25, 0.3) is 0 Å². The highest BCUT2D eigenvalue weighted by Gasteiger charge is 2.08. The lowest BCUT2D eigenvalue weighted by Gasteiger charge is -2.05. The molecule has 0 aromatic heterocycles. The van der Waals surface area contributed by atoms with Crippen LogP contribution in [-0.4, -0.2) is 37.7 Å². The number of rotatable bonds is 9. The maximum Gasteiger partial charge on any atom is 0.330 e. The van der Waals surface area contributed by atoms with Gasteiger partial charge in [-0.25, -0.2) is 4.79 Å². The molecule has 0 saturated heterocycles. The van der Waals surface area contributed by atoms with Gasteiger partial charge in [0, 0.05) is 6.08 Å². The van der Waals surface area contributed by atoms with E-state index in [2.05, 4.69) is 11.3 Å². The third kappa shape index (κ3) is 9.38. The lowest BCUT2D eigenvalue weighted by molar-refractivity contribution is -0.152. The van der Waals surface area contributed by atoms with Crippen LogP contribution >= 0.6 is 0 Å². The van der Waals surface area contributed by atoms with Crippen molar-refractivity contribution in [2.75, 3.05) is 19.8 Å². The number of carbonyl (C=O) groups is 3. The second-order valence-corrected chi connectivity index (χ2v) is 3.31. The standard InChI is InChI=1S/C12H18O6/c1-3-7-16-11(14)5-6-12(15)18-9-8-17-10(13)4-2/h4H,2-3,5-9H2,1H3. The maximum absolute atomic E-state index is 11.1. The summed E-state index contributed by atoms with van der Waals surface area (Å²) in [5.41, 5.74) is 0. The highest BCUT2D eigenvalue weighted by Crippen LogP contribution is 1.96. The Labute approximate surface area is 106 Å². The van der Waals surface area contributed by atoms with Crippen molar-refractivity contribution in [2.45, 2.75) is 26.2 Å². The van der Waals surface area contributed by atoms with Crippen molar-refractivity contribution in [1.82, 2.24) is 0 Å². The minimum absolute atomic E-state index is 0.00865. The van der Waals surface area contributed by atoms with E-state index in [1.807, 2.05) is 6.92 Å². The van der Waals surface area contributed by atoms with E-state index in [1.54, 1.807) is 0 Å². The van der Waals surface area contributed by atoms with Gasteiger partial charge in [0.1, 0.15) is 13.2 Å². The smallest absolute Gasteiger partial charge is 0.330 e. The first-order valence-electron chi connectivity index (χ1n) is 5.70. The summed E-state index contributed by atoms with van der Waals surface area (Å²) in [6, 6.07) is 0. The monoisotopic (exact) mass is 258 g/mol. The second-order valence-electron chi connectivity index (χ2n) is 3.31. The van der Waals surface area contributed by atoms with Gasteiger partial charge in [-0.3, -0.25) is 9.59 Å². The van der Waals surface area contributed by atoms with Crippen LogP contribution in [0.5, 0.6) is 0 Å². The Morgan fingerprint density at radius 2 is 1.44 bits per heavy atom. The van der Waals surface area contributed by atoms with Crippen LogP contribution in [-0.2, 0) is 28.6 Å². The molecule has 0 unspecified atom stereocenters. The van der Waals surface area contributed by atoms with Crippen LogP contribution in [0.25, 0.3) is 0 Å². The second kappa shape index (κ2) is 10.3. The van der Waals surface area contributed by atoms with Crippen LogP contribution in [0.3, 0.4) is 0 Å². The summed E-state index contributed by atoms with van der Waals surface area (Å²) < 4.78 is 14.1. The molecule has 0 amide bonds. The molecular formula is C12H18O6. The molecule has 18 heavy (non-hydrogen) atoms. The van der Waals surface area contributed by atoms with Gasteiger partial charge in [0.15, 0.2) is 0 Å². The minimum atomic E-state index is -0.575. The summed E-state index contributed by atoms with van der Waals surface area (Å²) in [7, 11) is 0. The summed E-state index contributed by atoms with van der Waals surface area (Å²) in [6.45, 7) is 5.38. The topological polar surface area (TPSA) is 78.9 Å². The lowest BCUT2D eigenvalue weighted by Crippen LogP contribution is -2.14. The Bertz CT molecular complexity index is 297. The van der Waals surface area contributed by atoms with Crippen molar-refractivity contribution in [3.63, 3.8) is 0 Å². The molecule has 6 heteroatoms. The lowest BCUT2D eigenvalue weighted by atomic mass is 10.3. The van der Waals surface area contributed by atoms with E-state index in [4.69, 9.17) is 9.47 Å². The largest absolute Gasteiger partial charge is 0.466 e. The van der Waals surface area contributed by atoms with Gasteiger partial charge in [-0.15, -0.1) is 0 Å². The van der Waals surface area contributed by atoms with Crippen molar-refractivity contribution in [2.24, 2.45) is 0 Å². The van der Waals surface area contributed by atoms with E-state index >= 15 is 0 Å². The average Bonchev–Trinajstić information content (AvgIpc) is 2.38. The van der Waals surface area contributed by atoms with Crippen LogP contribution < -0.4 is 0 Å². The molecule has 6 nitrogen and oxygen atoms in total. The van der Waals surface area contributed by atoms with Crippen molar-refractivity contribution in [3.05, 3.63) is 12.7 Å². The third-order valence-corrected chi connectivity index (χ3v) is 1.76. The Morgan fingerprint density at radius 1 is 0.944 bits per heavy atom. The van der Waals surface area contributed by atoms with Crippen molar-refractivity contribution < 1.29 is 28.6 Å². The molecule has 0 spiro atoms. The van der Waals surface area contributed by atoms with Gasteiger partial charge in [-0.05, 0) is 6.42 Å². The molecule has 0 aromatic rings. The maximum atomic E-state index is 11.1. The molecule has 0 fully saturated rings. The minimum Gasteiger partial charge on any atom is -0.466 e. The first kappa shape index (κ1) is 16.1. The molecule has 0 radical (unpaired) electrons. The first-order chi connectivity index (χ1) is 8.60. The molecule has 0 bridgehead atoms. The van der Waals surface area contributed by atoms with Crippen LogP contribution in [0.2, 0.25) is 0 Å². The van der Waals surface area contributed by atoms with Gasteiger partial charge in [-0.2, -0.15) is 0 Å². The van der Waals surface area contributed by atoms with E-state index in [-0.39, 0.29) is 26.1 Å². The van der Waals surface area contributed by atoms with Crippen LogP contribution in [0.4, 0.5) is 0 Å². The van der Waals surface area contributed by atoms with E-state index in [1.165, 1.54) is 0 Å². The number of carbonyl (C=O) groups excluding carboxylic acids is 3. The highest BCUT2D eigenvalue weighted by atomic mass is 16.6. The van der Waals surface area contributed by atoms with Crippen molar-refractivity contribution in [3.8, 4) is 0 Å². The third-order valence-electron chi connectivity index (χ3n) is 1.76. The van der Waals surface area contributed by atoms with Crippen LogP contribution in [0.15, 0.2) is 12.7 Å². The summed E-state index contributed by atoms with van der Waals surface area (Å²) >= 11 is 0. The zero-order valence-corrected chi connectivity index (χ0v) is 10.5. The zero-order valence-electron chi connectivity index (χ0n) is 10.5. The van der Waals surface area contributed by atoms with E-state index in [0.29, 0.717) is 6.61 Å². The van der Waals surface area contributed by atoms with Gasteiger partial charge < -0.3 is 14.2 Å².